The van der Waals surface area contributed by atoms with Crippen LogP contribution < -0.4 is 5.32 Å². The van der Waals surface area contributed by atoms with E-state index < -0.39 is 0 Å². The molecule has 0 amide bonds. The molecule has 0 radical (unpaired) electrons. The van der Waals surface area contributed by atoms with Gasteiger partial charge in [0.15, 0.2) is 0 Å². The number of fused-ring (bicyclic) bond motifs is 1. The Kier molecular flexibility index (Phi) is 1.29. The molecule has 0 aromatic carbocycles. The predicted octanol–water partition coefficient (Wildman–Crippen LogP) is 0.158. The average Bonchev–Trinajstić information content (AvgIpc) is 2.33. The van der Waals surface area contributed by atoms with Crippen LogP contribution in [0.25, 0.3) is 0 Å². The molecule has 2 rings (SSSR count). The molecular formula is C8H16N2. The smallest absolute Gasteiger partial charge is 0.00473 e. The zero-order valence-electron chi connectivity index (χ0n) is 6.85. The molecule has 2 nitrogen and oxygen atoms in total. The molecule has 1 saturated heterocycles. The first-order chi connectivity index (χ1) is 4.73. The van der Waals surface area contributed by atoms with Crippen LogP contribution in [-0.2, 0) is 0 Å². The molecule has 0 aromatic heterocycles. The molecule has 2 heteroatoms. The second-order valence-corrected chi connectivity index (χ2v) is 4.13. The monoisotopic (exact) mass is 140 g/mol. The van der Waals surface area contributed by atoms with E-state index in [0.717, 1.165) is 5.92 Å². The van der Waals surface area contributed by atoms with E-state index in [9.17, 15) is 0 Å². The molecule has 2 fully saturated rings. The molecule has 0 spiro atoms. The lowest BCUT2D eigenvalue weighted by molar-refractivity contribution is 0.311. The highest BCUT2D eigenvalue weighted by Crippen LogP contribution is 2.54. The van der Waals surface area contributed by atoms with E-state index in [4.69, 9.17) is 0 Å². The van der Waals surface area contributed by atoms with E-state index in [-0.39, 0.29) is 0 Å². The van der Waals surface area contributed by atoms with Crippen LogP contribution in [0.1, 0.15) is 6.42 Å². The topological polar surface area (TPSA) is 15.3 Å². The van der Waals surface area contributed by atoms with Gasteiger partial charge in [-0.15, -0.1) is 0 Å². The summed E-state index contributed by atoms with van der Waals surface area (Å²) < 4.78 is 0. The second kappa shape index (κ2) is 1.95. The molecule has 0 aromatic rings. The van der Waals surface area contributed by atoms with Gasteiger partial charge >= 0.3 is 0 Å². The molecule has 2 atom stereocenters. The van der Waals surface area contributed by atoms with Gasteiger partial charge in [-0.05, 0) is 38.4 Å². The fourth-order valence-corrected chi connectivity index (χ4v) is 2.31. The Morgan fingerprint density at radius 3 is 2.80 bits per heavy atom. The Bertz CT molecular complexity index is 144. The highest BCUT2D eigenvalue weighted by atomic mass is 15.1. The van der Waals surface area contributed by atoms with Crippen LogP contribution in [-0.4, -0.2) is 38.6 Å². The Labute approximate surface area is 62.6 Å². The molecule has 10 heavy (non-hydrogen) atoms. The summed E-state index contributed by atoms with van der Waals surface area (Å²) in [6.07, 6.45) is 1.47. The lowest BCUT2D eigenvalue weighted by atomic mass is 10.1. The molecule has 2 aliphatic rings. The van der Waals surface area contributed by atoms with E-state index in [1.54, 1.807) is 0 Å². The summed E-state index contributed by atoms with van der Waals surface area (Å²) in [6, 6.07) is 0. The van der Waals surface area contributed by atoms with Crippen molar-refractivity contribution >= 4 is 0 Å². The molecule has 2 unspecified atom stereocenters. The summed E-state index contributed by atoms with van der Waals surface area (Å²) in [7, 11) is 4.34. The van der Waals surface area contributed by atoms with Crippen LogP contribution in [0.2, 0.25) is 0 Å². The van der Waals surface area contributed by atoms with Crippen molar-refractivity contribution in [2.45, 2.75) is 6.42 Å². The first kappa shape index (κ1) is 6.62. The quantitative estimate of drug-likeness (QED) is 0.587. The van der Waals surface area contributed by atoms with E-state index in [1.807, 2.05) is 0 Å². The first-order valence-corrected chi connectivity index (χ1v) is 4.08. The summed E-state index contributed by atoms with van der Waals surface area (Å²) in [5.41, 5.74) is 0.698. The summed E-state index contributed by atoms with van der Waals surface area (Å²) in [4.78, 5) is 2.31. The van der Waals surface area contributed by atoms with Gasteiger partial charge in [0.25, 0.3) is 0 Å². The van der Waals surface area contributed by atoms with Gasteiger partial charge in [0.1, 0.15) is 0 Å². The lowest BCUT2D eigenvalue weighted by Crippen LogP contribution is -2.27. The molecular weight excluding hydrogens is 124 g/mol. The van der Waals surface area contributed by atoms with Crippen LogP contribution in [0.3, 0.4) is 0 Å². The van der Waals surface area contributed by atoms with Crippen molar-refractivity contribution in [2.24, 2.45) is 11.3 Å². The van der Waals surface area contributed by atoms with E-state index in [0.29, 0.717) is 5.41 Å². The van der Waals surface area contributed by atoms with Crippen LogP contribution in [0, 0.1) is 11.3 Å². The molecule has 1 aliphatic heterocycles. The normalized spacial score (nSPS) is 44.1. The Balaban J connectivity index is 1.93. The third-order valence-electron chi connectivity index (χ3n) is 2.86. The van der Waals surface area contributed by atoms with Crippen molar-refractivity contribution in [3.8, 4) is 0 Å². The Morgan fingerprint density at radius 2 is 2.40 bits per heavy atom. The van der Waals surface area contributed by atoms with Crippen LogP contribution >= 0.6 is 0 Å². The zero-order chi connectivity index (χ0) is 7.19. The number of nitrogens with one attached hydrogen (secondary N) is 1. The van der Waals surface area contributed by atoms with E-state index in [1.165, 1.54) is 26.1 Å². The number of nitrogens with zero attached hydrogens (tertiary/aromatic N) is 1. The average molecular weight is 140 g/mol. The van der Waals surface area contributed by atoms with Crippen LogP contribution in [0.15, 0.2) is 0 Å². The highest BCUT2D eigenvalue weighted by Gasteiger charge is 2.56. The van der Waals surface area contributed by atoms with E-state index in [2.05, 4.69) is 24.3 Å². The minimum Gasteiger partial charge on any atom is -0.316 e. The van der Waals surface area contributed by atoms with Crippen LogP contribution in [0.4, 0.5) is 0 Å². The van der Waals surface area contributed by atoms with Crippen molar-refractivity contribution in [1.29, 1.82) is 0 Å². The van der Waals surface area contributed by atoms with Crippen molar-refractivity contribution in [2.75, 3.05) is 33.7 Å². The second-order valence-electron chi connectivity index (χ2n) is 4.13. The fourth-order valence-electron chi connectivity index (χ4n) is 2.31. The Morgan fingerprint density at radius 1 is 1.60 bits per heavy atom. The van der Waals surface area contributed by atoms with Gasteiger partial charge in [-0.25, -0.2) is 0 Å². The molecule has 1 heterocycles. The van der Waals surface area contributed by atoms with Gasteiger partial charge in [-0.3, -0.25) is 0 Å². The molecule has 1 aliphatic carbocycles. The largest absolute Gasteiger partial charge is 0.316 e. The zero-order valence-corrected chi connectivity index (χ0v) is 6.85. The van der Waals surface area contributed by atoms with Crippen molar-refractivity contribution in [3.05, 3.63) is 0 Å². The summed E-state index contributed by atoms with van der Waals surface area (Å²) >= 11 is 0. The van der Waals surface area contributed by atoms with Crippen molar-refractivity contribution in [3.63, 3.8) is 0 Å². The number of piperidine rings is 1. The minimum absolute atomic E-state index is 0.698. The SMILES string of the molecule is CN(C)CC12CNCC1C2. The van der Waals surface area contributed by atoms with Gasteiger partial charge in [0.05, 0.1) is 0 Å². The maximum atomic E-state index is 3.44. The van der Waals surface area contributed by atoms with Crippen LogP contribution in [0.5, 0.6) is 0 Å². The molecule has 1 N–H and O–H groups in total. The minimum atomic E-state index is 0.698. The summed E-state index contributed by atoms with van der Waals surface area (Å²) in [5.74, 6) is 1.01. The van der Waals surface area contributed by atoms with Crippen molar-refractivity contribution < 1.29 is 0 Å². The van der Waals surface area contributed by atoms with Gasteiger partial charge in [-0.1, -0.05) is 0 Å². The van der Waals surface area contributed by atoms with Gasteiger partial charge in [0, 0.05) is 13.1 Å². The number of hydrogen-bond donors (Lipinski definition) is 1. The summed E-state index contributed by atoms with van der Waals surface area (Å²) in [5, 5.41) is 3.44. The fraction of sp³-hybridized carbons (Fsp3) is 1.00. The van der Waals surface area contributed by atoms with Crippen molar-refractivity contribution in [1.82, 2.24) is 10.2 Å². The molecule has 0 bridgehead atoms. The highest BCUT2D eigenvalue weighted by molar-refractivity contribution is 5.10. The first-order valence-electron chi connectivity index (χ1n) is 4.08. The molecule has 1 saturated carbocycles. The lowest BCUT2D eigenvalue weighted by Gasteiger charge is -2.17. The predicted molar refractivity (Wildman–Crippen MR) is 42.0 cm³/mol. The standard InChI is InChI=1S/C8H16N2/c1-10(2)6-8-3-7(8)4-9-5-8/h7,9H,3-6H2,1-2H3. The maximum absolute atomic E-state index is 3.44. The molecule has 58 valence electrons. The van der Waals surface area contributed by atoms with Gasteiger partial charge in [0.2, 0.25) is 0 Å². The van der Waals surface area contributed by atoms with E-state index >= 15 is 0 Å². The Hall–Kier alpha value is -0.0800. The number of rotatable bonds is 2. The van der Waals surface area contributed by atoms with Gasteiger partial charge in [-0.2, -0.15) is 0 Å². The van der Waals surface area contributed by atoms with Gasteiger partial charge < -0.3 is 10.2 Å². The summed E-state index contributed by atoms with van der Waals surface area (Å²) in [6.45, 7) is 3.81. The third kappa shape index (κ3) is 0.867. The number of hydrogen-bond acceptors (Lipinski definition) is 2. The maximum Gasteiger partial charge on any atom is 0.00473 e. The third-order valence-corrected chi connectivity index (χ3v) is 2.86.